The van der Waals surface area contributed by atoms with Crippen LogP contribution >= 0.6 is 24.8 Å². The second-order valence-electron chi connectivity index (χ2n) is 12.4. The molecule has 1 aliphatic carbocycles. The molecule has 5 rings (SSSR count). The number of benzene rings is 1. The minimum Gasteiger partial charge on any atom is -0.493 e. The minimum atomic E-state index is -0.871. The summed E-state index contributed by atoms with van der Waals surface area (Å²) in [6.07, 6.45) is 6.11. The number of aliphatic hydroxyl groups is 1. The Balaban J connectivity index is 0.00000242. The molecule has 3 heterocycles. The average Bonchev–Trinajstić information content (AvgIpc) is 3.27. The van der Waals surface area contributed by atoms with Crippen molar-refractivity contribution in [1.82, 2.24) is 25.8 Å². The Kier molecular flexibility index (Phi) is 11.9. The number of hydrogen-bond acceptors (Lipinski definition) is 7. The van der Waals surface area contributed by atoms with Crippen molar-refractivity contribution in [3.05, 3.63) is 29.8 Å². The molecule has 6 atom stereocenters. The number of carbonyl (C=O) groups excluding carboxylic acids is 3. The van der Waals surface area contributed by atoms with E-state index in [1.807, 2.05) is 31.2 Å². The molecule has 0 aromatic heterocycles. The number of nitrogens with one attached hydrogen (secondary N) is 3. The first kappa shape index (κ1) is 34.4. The predicted molar refractivity (Wildman–Crippen MR) is 165 cm³/mol. The Morgan fingerprint density at radius 1 is 1.07 bits per heavy atom. The van der Waals surface area contributed by atoms with Gasteiger partial charge in [-0.2, -0.15) is 0 Å². The van der Waals surface area contributed by atoms with E-state index in [0.29, 0.717) is 39.1 Å². The third-order valence-electron chi connectivity index (χ3n) is 9.30. The van der Waals surface area contributed by atoms with Gasteiger partial charge in [-0.25, -0.2) is 0 Å². The highest BCUT2D eigenvalue weighted by atomic mass is 35.5. The van der Waals surface area contributed by atoms with E-state index >= 15 is 0 Å². The quantitative estimate of drug-likeness (QED) is 0.365. The molecule has 3 amide bonds. The Bertz CT molecular complexity index is 1100. The third kappa shape index (κ3) is 7.50. The van der Waals surface area contributed by atoms with Crippen molar-refractivity contribution >= 4 is 42.5 Å². The molecule has 1 aromatic carbocycles. The Morgan fingerprint density at radius 2 is 1.79 bits per heavy atom. The van der Waals surface area contributed by atoms with Crippen LogP contribution in [0.2, 0.25) is 0 Å². The molecule has 236 valence electrons. The molecule has 0 bridgehead atoms. The number of carbonyl (C=O) groups is 3. The SMILES string of the molecule is CN[C@@H](C)C(=O)N[C@H](C(=O)N1C[C@H]2C[C@@](C)(O)CN2C[C@H]1C(=O)N[C@@H]1CCOc2ccccc21)C1CCCCC1.Cl.Cl. The number of halogens is 2. The molecule has 1 saturated carbocycles. The van der Waals surface area contributed by atoms with E-state index in [9.17, 15) is 19.5 Å². The van der Waals surface area contributed by atoms with E-state index in [0.717, 1.165) is 43.4 Å². The van der Waals surface area contributed by atoms with Crippen LogP contribution in [0.5, 0.6) is 5.75 Å². The van der Waals surface area contributed by atoms with Crippen molar-refractivity contribution in [1.29, 1.82) is 0 Å². The Labute approximate surface area is 261 Å². The first-order valence-corrected chi connectivity index (χ1v) is 14.9. The van der Waals surface area contributed by atoms with Crippen LogP contribution in [-0.4, -0.2) is 95.7 Å². The van der Waals surface area contributed by atoms with E-state index in [1.54, 1.807) is 18.9 Å². The van der Waals surface area contributed by atoms with Crippen molar-refractivity contribution in [2.75, 3.05) is 33.3 Å². The van der Waals surface area contributed by atoms with Crippen LogP contribution in [-0.2, 0) is 14.4 Å². The number of piperazine rings is 1. The fourth-order valence-corrected chi connectivity index (χ4v) is 7.00. The van der Waals surface area contributed by atoms with Gasteiger partial charge in [0.25, 0.3) is 0 Å². The molecule has 3 fully saturated rings. The van der Waals surface area contributed by atoms with Gasteiger partial charge in [0.15, 0.2) is 0 Å². The van der Waals surface area contributed by atoms with E-state index < -0.39 is 23.7 Å². The van der Waals surface area contributed by atoms with Crippen LogP contribution in [0.3, 0.4) is 0 Å². The number of amides is 3. The molecule has 42 heavy (non-hydrogen) atoms. The van der Waals surface area contributed by atoms with Gasteiger partial charge in [-0.1, -0.05) is 37.5 Å². The van der Waals surface area contributed by atoms with E-state index in [2.05, 4.69) is 20.9 Å². The maximum Gasteiger partial charge on any atom is 0.246 e. The molecule has 2 saturated heterocycles. The van der Waals surface area contributed by atoms with Crippen molar-refractivity contribution < 1.29 is 24.2 Å². The second-order valence-corrected chi connectivity index (χ2v) is 12.4. The van der Waals surface area contributed by atoms with Crippen molar-refractivity contribution in [3.8, 4) is 5.75 Å². The maximum absolute atomic E-state index is 14.4. The third-order valence-corrected chi connectivity index (χ3v) is 9.30. The van der Waals surface area contributed by atoms with Gasteiger partial charge >= 0.3 is 0 Å². The lowest BCUT2D eigenvalue weighted by Crippen LogP contribution is -2.66. The number of likely N-dealkylation sites (N-methyl/N-ethyl adjacent to an activating group) is 1. The lowest BCUT2D eigenvalue weighted by atomic mass is 9.82. The monoisotopic (exact) mass is 627 g/mol. The van der Waals surface area contributed by atoms with Crippen LogP contribution in [0.4, 0.5) is 0 Å². The van der Waals surface area contributed by atoms with Crippen molar-refractivity contribution in [2.45, 2.75) is 94.6 Å². The van der Waals surface area contributed by atoms with Gasteiger partial charge in [-0.05, 0) is 52.1 Å². The molecular formula is C30H47Cl2N5O5. The van der Waals surface area contributed by atoms with Crippen LogP contribution in [0.15, 0.2) is 24.3 Å². The largest absolute Gasteiger partial charge is 0.493 e. The van der Waals surface area contributed by atoms with Gasteiger partial charge in [0, 0.05) is 37.7 Å². The number of para-hydroxylation sites is 1. The summed E-state index contributed by atoms with van der Waals surface area (Å²) in [4.78, 5) is 45.2. The summed E-state index contributed by atoms with van der Waals surface area (Å²) in [5.41, 5.74) is 0.0649. The fraction of sp³-hybridized carbons (Fsp3) is 0.700. The Morgan fingerprint density at radius 3 is 2.50 bits per heavy atom. The molecule has 3 aliphatic heterocycles. The highest BCUT2D eigenvalue weighted by Crippen LogP contribution is 2.35. The van der Waals surface area contributed by atoms with Gasteiger partial charge in [-0.15, -0.1) is 24.8 Å². The highest BCUT2D eigenvalue weighted by Gasteiger charge is 2.49. The number of rotatable bonds is 7. The zero-order chi connectivity index (χ0) is 28.4. The summed E-state index contributed by atoms with van der Waals surface area (Å²) in [7, 11) is 1.72. The molecule has 4 N–H and O–H groups in total. The topological polar surface area (TPSA) is 123 Å². The van der Waals surface area contributed by atoms with Gasteiger partial charge in [-0.3, -0.25) is 19.3 Å². The average molecular weight is 629 g/mol. The Hall–Kier alpha value is -2.11. The van der Waals surface area contributed by atoms with Crippen LogP contribution in [0.1, 0.15) is 70.4 Å². The molecule has 0 radical (unpaired) electrons. The number of hydrogen-bond donors (Lipinski definition) is 4. The van der Waals surface area contributed by atoms with E-state index in [-0.39, 0.29) is 60.5 Å². The highest BCUT2D eigenvalue weighted by molar-refractivity contribution is 5.93. The summed E-state index contributed by atoms with van der Waals surface area (Å²) in [6, 6.07) is 5.63. The molecule has 0 unspecified atom stereocenters. The van der Waals surface area contributed by atoms with Gasteiger partial charge in [0.2, 0.25) is 17.7 Å². The predicted octanol–water partition coefficient (Wildman–Crippen LogP) is 2.18. The van der Waals surface area contributed by atoms with Gasteiger partial charge in [0.05, 0.1) is 24.3 Å². The summed E-state index contributed by atoms with van der Waals surface area (Å²) < 4.78 is 5.79. The smallest absolute Gasteiger partial charge is 0.246 e. The fourth-order valence-electron chi connectivity index (χ4n) is 7.00. The first-order chi connectivity index (χ1) is 19.2. The number of fused-ring (bicyclic) bond motifs is 2. The zero-order valence-electron chi connectivity index (χ0n) is 24.8. The summed E-state index contributed by atoms with van der Waals surface area (Å²) in [5.74, 6) is 0.184. The molecule has 0 spiro atoms. The van der Waals surface area contributed by atoms with Crippen LogP contribution < -0.4 is 20.7 Å². The standard InChI is InChI=1S/C30H45N5O5.2ClH/c1-19(31-3)27(36)33-26(20-9-5-4-6-10-20)29(38)35-16-21-15-30(2,39)18-34(21)17-24(35)28(37)32-23-13-14-40-25-12-8-7-11-22(23)25;;/h7-8,11-12,19-21,23-24,26,31,39H,4-6,9-10,13-18H2,1-3H3,(H,32,37)(H,33,36);2*1H/t19-,21+,23+,24-,26-,30+;;/m0../s1. The van der Waals surface area contributed by atoms with E-state index in [4.69, 9.17) is 4.74 Å². The first-order valence-electron chi connectivity index (χ1n) is 14.9. The number of nitrogens with zero attached hydrogens (tertiary/aromatic N) is 2. The van der Waals surface area contributed by atoms with Crippen molar-refractivity contribution in [2.24, 2.45) is 5.92 Å². The molecule has 1 aromatic rings. The maximum atomic E-state index is 14.4. The summed E-state index contributed by atoms with van der Waals surface area (Å²) in [6.45, 7) is 5.26. The second kappa shape index (κ2) is 14.6. The lowest BCUT2D eigenvalue weighted by Gasteiger charge is -2.45. The molecule has 10 nitrogen and oxygen atoms in total. The van der Waals surface area contributed by atoms with Gasteiger partial charge < -0.3 is 30.7 Å². The normalized spacial score (nSPS) is 29.0. The molecule has 12 heteroatoms. The lowest BCUT2D eigenvalue weighted by molar-refractivity contribution is -0.149. The molecular weight excluding hydrogens is 581 g/mol. The summed E-state index contributed by atoms with van der Waals surface area (Å²) >= 11 is 0. The minimum absolute atomic E-state index is 0. The summed E-state index contributed by atoms with van der Waals surface area (Å²) in [5, 5.41) is 20.1. The number of ether oxygens (including phenoxy) is 1. The van der Waals surface area contributed by atoms with Crippen molar-refractivity contribution in [3.63, 3.8) is 0 Å². The molecule has 4 aliphatic rings. The zero-order valence-corrected chi connectivity index (χ0v) is 26.5. The van der Waals surface area contributed by atoms with Gasteiger partial charge in [0.1, 0.15) is 17.8 Å². The van der Waals surface area contributed by atoms with Crippen LogP contribution in [0, 0.1) is 5.92 Å². The van der Waals surface area contributed by atoms with E-state index in [1.165, 1.54) is 0 Å². The van der Waals surface area contributed by atoms with Crippen LogP contribution in [0.25, 0.3) is 0 Å².